The highest BCUT2D eigenvalue weighted by molar-refractivity contribution is 5.91. The van der Waals surface area contributed by atoms with E-state index >= 15 is 0 Å². The van der Waals surface area contributed by atoms with Gasteiger partial charge < -0.3 is 14.7 Å². The Morgan fingerprint density at radius 2 is 2.16 bits per heavy atom. The van der Waals surface area contributed by atoms with E-state index in [4.69, 9.17) is 10.00 Å². The number of carbonyl (C=O) groups excluding carboxylic acids is 1. The lowest BCUT2D eigenvalue weighted by atomic mass is 10.2. The van der Waals surface area contributed by atoms with Gasteiger partial charge in [0.25, 0.3) is 0 Å². The van der Waals surface area contributed by atoms with E-state index in [1.54, 1.807) is 18.0 Å². The van der Waals surface area contributed by atoms with Crippen LogP contribution in [0.3, 0.4) is 0 Å². The van der Waals surface area contributed by atoms with Gasteiger partial charge in [-0.05, 0) is 18.2 Å². The monoisotopic (exact) mass is 261 g/mol. The number of hydrogen-bond acceptors (Lipinski definition) is 4. The first-order valence-electron chi connectivity index (χ1n) is 5.97. The highest BCUT2D eigenvalue weighted by atomic mass is 16.5. The van der Waals surface area contributed by atoms with Crippen LogP contribution in [0.1, 0.15) is 5.56 Å². The molecule has 0 aliphatic carbocycles. The fraction of sp³-hybridized carbons (Fsp3) is 0.385. The third-order valence-electron chi connectivity index (χ3n) is 3.06. The summed E-state index contributed by atoms with van der Waals surface area (Å²) in [6.45, 7) is 2.20. The Hall–Kier alpha value is -2.26. The van der Waals surface area contributed by atoms with Gasteiger partial charge in [-0.1, -0.05) is 0 Å². The molecular weight excluding hydrogens is 246 g/mol. The van der Waals surface area contributed by atoms with Crippen molar-refractivity contribution in [2.24, 2.45) is 0 Å². The lowest BCUT2D eigenvalue weighted by Crippen LogP contribution is -2.47. The Bertz CT molecular complexity index is 518. The molecule has 0 unspecified atom stereocenters. The van der Waals surface area contributed by atoms with Gasteiger partial charge in [0.1, 0.15) is 11.8 Å². The third-order valence-corrected chi connectivity index (χ3v) is 3.06. The van der Waals surface area contributed by atoms with Crippen molar-refractivity contribution >= 4 is 11.7 Å². The molecule has 0 saturated carbocycles. The summed E-state index contributed by atoms with van der Waals surface area (Å²) in [6, 6.07) is 6.26. The predicted molar refractivity (Wildman–Crippen MR) is 69.0 cm³/mol. The first-order chi connectivity index (χ1) is 9.13. The molecule has 0 atom stereocenters. The van der Waals surface area contributed by atoms with Gasteiger partial charge in [0.2, 0.25) is 0 Å². The summed E-state index contributed by atoms with van der Waals surface area (Å²) < 4.78 is 5.20. The second kappa shape index (κ2) is 5.59. The molecule has 1 N–H and O–H groups in total. The molecule has 1 aromatic carbocycles. The number of morpholine rings is 1. The van der Waals surface area contributed by atoms with Crippen molar-refractivity contribution in [1.82, 2.24) is 4.90 Å². The summed E-state index contributed by atoms with van der Waals surface area (Å²) >= 11 is 0. The molecule has 1 aliphatic rings. The number of hydrogen-bond donors (Lipinski definition) is 1. The van der Waals surface area contributed by atoms with Crippen LogP contribution in [0.25, 0.3) is 0 Å². The number of benzene rings is 1. The molecule has 0 bridgehead atoms. The topological polar surface area (TPSA) is 76.8 Å². The average Bonchev–Trinajstić information content (AvgIpc) is 2.47. The van der Waals surface area contributed by atoms with Crippen molar-refractivity contribution in [3.05, 3.63) is 23.8 Å². The van der Waals surface area contributed by atoms with Gasteiger partial charge in [-0.25, -0.2) is 4.79 Å². The Balaban J connectivity index is 2.16. The smallest absolute Gasteiger partial charge is 0.324 e. The van der Waals surface area contributed by atoms with Crippen molar-refractivity contribution in [3.8, 4) is 11.8 Å². The first kappa shape index (κ1) is 13.2. The van der Waals surface area contributed by atoms with Gasteiger partial charge in [0, 0.05) is 25.8 Å². The molecule has 6 nitrogen and oxygen atoms in total. The fourth-order valence-electron chi connectivity index (χ4n) is 1.90. The zero-order chi connectivity index (χ0) is 13.8. The molecule has 0 aromatic heterocycles. The summed E-state index contributed by atoms with van der Waals surface area (Å²) in [5.41, 5.74) is 0.727. The van der Waals surface area contributed by atoms with Crippen LogP contribution in [0.2, 0.25) is 0 Å². The lowest BCUT2D eigenvalue weighted by molar-refractivity contribution is 0.0551. The summed E-state index contributed by atoms with van der Waals surface area (Å²) in [6.07, 6.45) is 0. The first-order valence-corrected chi connectivity index (χ1v) is 5.97. The number of aromatic hydroxyl groups is 1. The normalized spacial score (nSPS) is 14.8. The van der Waals surface area contributed by atoms with E-state index in [0.29, 0.717) is 32.0 Å². The molecule has 1 saturated heterocycles. The van der Waals surface area contributed by atoms with E-state index in [9.17, 15) is 9.90 Å². The molecule has 0 spiro atoms. The number of rotatable bonds is 1. The van der Waals surface area contributed by atoms with Crippen molar-refractivity contribution in [1.29, 1.82) is 5.26 Å². The molecule has 1 heterocycles. The van der Waals surface area contributed by atoms with Crippen molar-refractivity contribution < 1.29 is 14.6 Å². The van der Waals surface area contributed by atoms with Crippen LogP contribution in [-0.4, -0.2) is 49.4 Å². The Morgan fingerprint density at radius 1 is 1.47 bits per heavy atom. The maximum atomic E-state index is 12.2. The van der Waals surface area contributed by atoms with Gasteiger partial charge in [0.15, 0.2) is 0 Å². The molecule has 6 heteroatoms. The largest absolute Gasteiger partial charge is 0.507 e. The van der Waals surface area contributed by atoms with Crippen LogP contribution in [0.5, 0.6) is 5.75 Å². The standard InChI is InChI=1S/C13H15N3O3/c1-15(13(18)16-4-6-19-7-5-16)11-2-3-12(17)10(8-11)9-14/h2-3,8,17H,4-7H2,1H3. The highest BCUT2D eigenvalue weighted by Gasteiger charge is 2.21. The van der Waals surface area contributed by atoms with E-state index in [-0.39, 0.29) is 17.3 Å². The van der Waals surface area contributed by atoms with E-state index in [2.05, 4.69) is 0 Å². The van der Waals surface area contributed by atoms with E-state index in [0.717, 1.165) is 0 Å². The van der Waals surface area contributed by atoms with Crippen LogP contribution in [0.15, 0.2) is 18.2 Å². The van der Waals surface area contributed by atoms with E-state index < -0.39 is 0 Å². The van der Waals surface area contributed by atoms with Crippen LogP contribution in [0, 0.1) is 11.3 Å². The number of phenolic OH excluding ortho intramolecular Hbond substituents is 1. The minimum Gasteiger partial charge on any atom is -0.507 e. The molecular formula is C13H15N3O3. The summed E-state index contributed by atoms with van der Waals surface area (Å²) in [5.74, 6) is -0.0847. The van der Waals surface area contributed by atoms with Crippen LogP contribution >= 0.6 is 0 Å². The van der Waals surface area contributed by atoms with Gasteiger partial charge in [-0.3, -0.25) is 4.90 Å². The molecule has 1 aliphatic heterocycles. The second-order valence-electron chi connectivity index (χ2n) is 4.25. The number of urea groups is 1. The van der Waals surface area contributed by atoms with Gasteiger partial charge in [0.05, 0.1) is 18.8 Å². The number of carbonyl (C=O) groups is 1. The van der Waals surface area contributed by atoms with Crippen LogP contribution < -0.4 is 4.90 Å². The number of anilines is 1. The second-order valence-corrected chi connectivity index (χ2v) is 4.25. The quantitative estimate of drug-likeness (QED) is 0.822. The van der Waals surface area contributed by atoms with Crippen molar-refractivity contribution in [2.75, 3.05) is 38.3 Å². The zero-order valence-corrected chi connectivity index (χ0v) is 10.7. The molecule has 19 heavy (non-hydrogen) atoms. The van der Waals surface area contributed by atoms with Gasteiger partial charge in [-0.2, -0.15) is 5.26 Å². The Labute approximate surface area is 111 Å². The molecule has 1 fully saturated rings. The fourth-order valence-corrected chi connectivity index (χ4v) is 1.90. The number of phenols is 1. The SMILES string of the molecule is CN(C(=O)N1CCOCC1)c1ccc(O)c(C#N)c1. The predicted octanol–water partition coefficient (Wildman–Crippen LogP) is 1.15. The number of nitrogens with zero attached hydrogens (tertiary/aromatic N) is 3. The maximum absolute atomic E-state index is 12.2. The van der Waals surface area contributed by atoms with E-state index in [1.807, 2.05) is 6.07 Å². The number of ether oxygens (including phenoxy) is 1. The third kappa shape index (κ3) is 2.77. The zero-order valence-electron chi connectivity index (χ0n) is 10.7. The maximum Gasteiger partial charge on any atom is 0.324 e. The molecule has 100 valence electrons. The minimum absolute atomic E-state index is 0.0847. The summed E-state index contributed by atoms with van der Waals surface area (Å²) in [4.78, 5) is 15.4. The molecule has 2 amide bonds. The van der Waals surface area contributed by atoms with Crippen LogP contribution in [0.4, 0.5) is 10.5 Å². The lowest BCUT2D eigenvalue weighted by Gasteiger charge is -2.31. The van der Waals surface area contributed by atoms with Gasteiger partial charge >= 0.3 is 6.03 Å². The molecule has 2 rings (SSSR count). The number of amides is 2. The Morgan fingerprint density at radius 3 is 2.79 bits per heavy atom. The average molecular weight is 261 g/mol. The highest BCUT2D eigenvalue weighted by Crippen LogP contribution is 2.23. The minimum atomic E-state index is -0.141. The van der Waals surface area contributed by atoms with Gasteiger partial charge in [-0.15, -0.1) is 0 Å². The Kier molecular flexibility index (Phi) is 3.88. The van der Waals surface area contributed by atoms with E-state index in [1.165, 1.54) is 17.0 Å². The summed E-state index contributed by atoms with van der Waals surface area (Å²) in [5, 5.41) is 18.3. The van der Waals surface area contributed by atoms with Crippen molar-refractivity contribution in [3.63, 3.8) is 0 Å². The summed E-state index contributed by atoms with van der Waals surface area (Å²) in [7, 11) is 1.64. The molecule has 0 radical (unpaired) electrons. The molecule has 1 aromatic rings. The number of nitriles is 1. The van der Waals surface area contributed by atoms with Crippen molar-refractivity contribution in [2.45, 2.75) is 0 Å². The van der Waals surface area contributed by atoms with Crippen LogP contribution in [-0.2, 0) is 4.74 Å².